The lowest BCUT2D eigenvalue weighted by atomic mass is 10.2. The van der Waals surface area contributed by atoms with Crippen LogP contribution >= 0.6 is 11.6 Å². The number of nitrogens with one attached hydrogen (secondary N) is 1. The van der Waals surface area contributed by atoms with E-state index in [4.69, 9.17) is 21.1 Å². The van der Waals surface area contributed by atoms with Crippen LogP contribution in [0.15, 0.2) is 42.5 Å². The van der Waals surface area contributed by atoms with Gasteiger partial charge in [0.05, 0.1) is 13.7 Å². The zero-order chi connectivity index (χ0) is 16.7. The fraction of sp³-hybridized carbons (Fsp3) is 0.278. The quantitative estimate of drug-likeness (QED) is 0.742. The molecule has 23 heavy (non-hydrogen) atoms. The molecule has 2 aromatic rings. The van der Waals surface area contributed by atoms with Gasteiger partial charge in [-0.3, -0.25) is 4.79 Å². The van der Waals surface area contributed by atoms with Gasteiger partial charge in [0.1, 0.15) is 0 Å². The van der Waals surface area contributed by atoms with Crippen LogP contribution in [0.2, 0.25) is 5.02 Å². The molecule has 0 aliphatic heterocycles. The number of benzene rings is 2. The van der Waals surface area contributed by atoms with Gasteiger partial charge in [-0.25, -0.2) is 0 Å². The first-order chi connectivity index (χ1) is 11.1. The molecule has 0 fully saturated rings. The molecule has 4 nitrogen and oxygen atoms in total. The van der Waals surface area contributed by atoms with Gasteiger partial charge < -0.3 is 14.8 Å². The van der Waals surface area contributed by atoms with Crippen LogP contribution in [-0.2, 0) is 0 Å². The lowest BCUT2D eigenvalue weighted by Crippen LogP contribution is -2.12. The van der Waals surface area contributed by atoms with Crippen LogP contribution < -0.4 is 14.8 Å². The molecule has 0 aromatic heterocycles. The number of ether oxygens (including phenoxy) is 2. The minimum absolute atomic E-state index is 0.217. The molecule has 0 atom stereocenters. The summed E-state index contributed by atoms with van der Waals surface area (Å²) < 4.78 is 11.0. The Hall–Kier alpha value is -2.20. The molecular weight excluding hydrogens is 314 g/mol. The molecular formula is C18H20ClNO3. The maximum atomic E-state index is 12.3. The second-order valence-electron chi connectivity index (χ2n) is 5.03. The Balaban J connectivity index is 2.09. The molecule has 1 amide bonds. The Morgan fingerprint density at radius 1 is 1.13 bits per heavy atom. The molecule has 1 N–H and O–H groups in total. The van der Waals surface area contributed by atoms with Crippen molar-refractivity contribution in [1.82, 2.24) is 0 Å². The molecule has 0 spiro atoms. The monoisotopic (exact) mass is 333 g/mol. The van der Waals surface area contributed by atoms with Crippen LogP contribution in [0.3, 0.4) is 0 Å². The molecule has 0 heterocycles. The number of methoxy groups -OCH3 is 1. The molecule has 0 aliphatic carbocycles. The summed E-state index contributed by atoms with van der Waals surface area (Å²) >= 11 is 5.83. The smallest absolute Gasteiger partial charge is 0.255 e. The fourth-order valence-electron chi connectivity index (χ4n) is 1.99. The molecule has 5 heteroatoms. The maximum Gasteiger partial charge on any atom is 0.255 e. The first kappa shape index (κ1) is 17.2. The van der Waals surface area contributed by atoms with Gasteiger partial charge in [0, 0.05) is 16.3 Å². The van der Waals surface area contributed by atoms with Crippen molar-refractivity contribution in [2.24, 2.45) is 0 Å². The van der Waals surface area contributed by atoms with E-state index in [9.17, 15) is 4.79 Å². The average Bonchev–Trinajstić information content (AvgIpc) is 2.57. The van der Waals surface area contributed by atoms with Gasteiger partial charge in [-0.05, 0) is 48.9 Å². The average molecular weight is 334 g/mol. The van der Waals surface area contributed by atoms with Crippen LogP contribution in [0, 0.1) is 0 Å². The third kappa shape index (κ3) is 4.89. The molecule has 0 unspecified atom stereocenters. The number of hydrogen-bond acceptors (Lipinski definition) is 3. The minimum atomic E-state index is -0.217. The zero-order valence-corrected chi connectivity index (χ0v) is 14.0. The first-order valence-electron chi connectivity index (χ1n) is 7.51. The number of rotatable bonds is 7. The Morgan fingerprint density at radius 3 is 2.52 bits per heavy atom. The standard InChI is InChI=1S/C18H20ClNO3/c1-3-4-11-23-16-10-5-13(12-17(16)22-2)18(21)20-15-8-6-14(19)7-9-15/h5-10,12H,3-4,11H2,1-2H3,(H,20,21). The SMILES string of the molecule is CCCCOc1ccc(C(=O)Nc2ccc(Cl)cc2)cc1OC. The van der Waals surface area contributed by atoms with Gasteiger partial charge in [0.25, 0.3) is 5.91 Å². The number of halogens is 1. The zero-order valence-electron chi connectivity index (χ0n) is 13.3. The molecule has 2 rings (SSSR count). The summed E-state index contributed by atoms with van der Waals surface area (Å²) in [4.78, 5) is 12.3. The number of carbonyl (C=O) groups is 1. The van der Waals surface area contributed by atoms with E-state index in [1.54, 1.807) is 49.6 Å². The Labute approximate surface area is 141 Å². The third-order valence-electron chi connectivity index (χ3n) is 3.28. The van der Waals surface area contributed by atoms with Crippen LogP contribution in [-0.4, -0.2) is 19.6 Å². The second-order valence-corrected chi connectivity index (χ2v) is 5.47. The largest absolute Gasteiger partial charge is 0.493 e. The maximum absolute atomic E-state index is 12.3. The van der Waals surface area contributed by atoms with Gasteiger partial charge in [0.15, 0.2) is 11.5 Å². The lowest BCUT2D eigenvalue weighted by Gasteiger charge is -2.12. The molecule has 0 saturated carbocycles. The first-order valence-corrected chi connectivity index (χ1v) is 7.89. The van der Waals surface area contributed by atoms with Crippen molar-refractivity contribution in [3.63, 3.8) is 0 Å². The summed E-state index contributed by atoms with van der Waals surface area (Å²) in [5, 5.41) is 3.44. The van der Waals surface area contributed by atoms with E-state index in [1.165, 1.54) is 0 Å². The van der Waals surface area contributed by atoms with Crippen molar-refractivity contribution in [2.45, 2.75) is 19.8 Å². The Morgan fingerprint density at radius 2 is 1.87 bits per heavy atom. The number of unbranched alkanes of at least 4 members (excludes halogenated alkanes) is 1. The minimum Gasteiger partial charge on any atom is -0.493 e. The number of hydrogen-bond donors (Lipinski definition) is 1. The summed E-state index contributed by atoms with van der Waals surface area (Å²) in [6, 6.07) is 12.1. The summed E-state index contributed by atoms with van der Waals surface area (Å²) in [5.41, 5.74) is 1.18. The van der Waals surface area contributed by atoms with Crippen molar-refractivity contribution in [3.05, 3.63) is 53.1 Å². The fourth-order valence-corrected chi connectivity index (χ4v) is 2.12. The highest BCUT2D eigenvalue weighted by Gasteiger charge is 2.11. The van der Waals surface area contributed by atoms with E-state index in [2.05, 4.69) is 12.2 Å². The van der Waals surface area contributed by atoms with Gasteiger partial charge in [-0.15, -0.1) is 0 Å². The summed E-state index contributed by atoms with van der Waals surface area (Å²) in [7, 11) is 1.56. The van der Waals surface area contributed by atoms with Crippen LogP contribution in [0.25, 0.3) is 0 Å². The van der Waals surface area contributed by atoms with Crippen LogP contribution in [0.1, 0.15) is 30.1 Å². The number of amides is 1. The Bertz CT molecular complexity index is 656. The highest BCUT2D eigenvalue weighted by Crippen LogP contribution is 2.28. The topological polar surface area (TPSA) is 47.6 Å². The summed E-state index contributed by atoms with van der Waals surface area (Å²) in [6.07, 6.45) is 2.03. The molecule has 0 bridgehead atoms. The van der Waals surface area contributed by atoms with E-state index in [1.807, 2.05) is 0 Å². The number of anilines is 1. The summed E-state index contributed by atoms with van der Waals surface area (Å²) in [5.74, 6) is 0.972. The van der Waals surface area contributed by atoms with Gasteiger partial charge in [-0.2, -0.15) is 0 Å². The van der Waals surface area contributed by atoms with Crippen LogP contribution in [0.4, 0.5) is 5.69 Å². The van der Waals surface area contributed by atoms with Gasteiger partial charge in [0.2, 0.25) is 0 Å². The summed E-state index contributed by atoms with van der Waals surface area (Å²) in [6.45, 7) is 2.73. The van der Waals surface area contributed by atoms with Gasteiger partial charge >= 0.3 is 0 Å². The molecule has 0 aliphatic rings. The molecule has 122 valence electrons. The van der Waals surface area contributed by atoms with Crippen molar-refractivity contribution in [1.29, 1.82) is 0 Å². The van der Waals surface area contributed by atoms with Crippen molar-refractivity contribution in [2.75, 3.05) is 19.0 Å². The van der Waals surface area contributed by atoms with Crippen LogP contribution in [0.5, 0.6) is 11.5 Å². The van der Waals surface area contributed by atoms with E-state index < -0.39 is 0 Å². The Kier molecular flexibility index (Phi) is 6.29. The normalized spacial score (nSPS) is 10.2. The van der Waals surface area contributed by atoms with Gasteiger partial charge in [-0.1, -0.05) is 24.9 Å². The third-order valence-corrected chi connectivity index (χ3v) is 3.54. The highest BCUT2D eigenvalue weighted by molar-refractivity contribution is 6.30. The molecule has 2 aromatic carbocycles. The molecule has 0 saturated heterocycles. The predicted octanol–water partition coefficient (Wildman–Crippen LogP) is 4.78. The number of carbonyl (C=O) groups excluding carboxylic acids is 1. The second kappa shape index (κ2) is 8.44. The lowest BCUT2D eigenvalue weighted by molar-refractivity contribution is 0.102. The van der Waals surface area contributed by atoms with Crippen molar-refractivity contribution < 1.29 is 14.3 Å². The predicted molar refractivity (Wildman–Crippen MR) is 92.8 cm³/mol. The molecule has 0 radical (unpaired) electrons. The van der Waals surface area contributed by atoms with E-state index in [-0.39, 0.29) is 5.91 Å². The van der Waals surface area contributed by atoms with E-state index >= 15 is 0 Å². The van der Waals surface area contributed by atoms with E-state index in [0.29, 0.717) is 34.4 Å². The van der Waals surface area contributed by atoms with E-state index in [0.717, 1.165) is 12.8 Å². The van der Waals surface area contributed by atoms with Crippen molar-refractivity contribution in [3.8, 4) is 11.5 Å². The highest BCUT2D eigenvalue weighted by atomic mass is 35.5. The van der Waals surface area contributed by atoms with Crippen molar-refractivity contribution >= 4 is 23.2 Å².